The summed E-state index contributed by atoms with van der Waals surface area (Å²) in [5.41, 5.74) is 2.66. The van der Waals surface area contributed by atoms with Gasteiger partial charge in [0.25, 0.3) is 7.82 Å². The first-order valence-electron chi connectivity index (χ1n) is 14.1. The molecular weight excluding hydrogens is 803 g/mol. The van der Waals surface area contributed by atoms with Crippen LogP contribution in [0.5, 0.6) is 0 Å². The molecule has 0 aliphatic carbocycles. The fourth-order valence-corrected chi connectivity index (χ4v) is 5.23. The second-order valence-electron chi connectivity index (χ2n) is 10.3. The molecular formula is C29H32GdN3O14P-3. The summed E-state index contributed by atoms with van der Waals surface area (Å²) in [4.78, 5) is 71.2. The third-order valence-electron chi connectivity index (χ3n) is 6.57. The normalized spacial score (nSPS) is 13.1. The van der Waals surface area contributed by atoms with E-state index in [4.69, 9.17) is 9.05 Å². The Morgan fingerprint density at radius 3 is 1.60 bits per heavy atom. The van der Waals surface area contributed by atoms with Gasteiger partial charge < -0.3 is 63.4 Å². The number of phosphoric ester groups is 1. The molecule has 0 fully saturated rings. The summed E-state index contributed by atoms with van der Waals surface area (Å²) in [5.74, 6) is -8.49. The van der Waals surface area contributed by atoms with Gasteiger partial charge in [-0.15, -0.1) is 0 Å². The molecule has 0 amide bonds. The van der Waals surface area contributed by atoms with E-state index in [9.17, 15) is 59.0 Å². The van der Waals surface area contributed by atoms with E-state index in [0.29, 0.717) is 4.90 Å². The largest absolute Gasteiger partial charge is 3.00 e. The molecule has 0 saturated heterocycles. The number of carboxylic acid groups (broad SMARTS) is 5. The Labute approximate surface area is 308 Å². The maximum atomic E-state index is 12.6. The van der Waals surface area contributed by atoms with Crippen molar-refractivity contribution in [2.75, 3.05) is 65.6 Å². The molecule has 2 rings (SSSR count). The molecule has 0 saturated carbocycles. The minimum Gasteiger partial charge on any atom is -0.756 e. The van der Waals surface area contributed by atoms with Gasteiger partial charge in [0, 0.05) is 58.4 Å². The van der Waals surface area contributed by atoms with Crippen molar-refractivity contribution in [3.63, 3.8) is 0 Å². The Kier molecular flexibility index (Phi) is 19.7. The average molecular weight is 835 g/mol. The van der Waals surface area contributed by atoms with E-state index in [1.807, 2.05) is 42.5 Å². The standard InChI is InChI=1S/C29H38N3O14P.Gd/c33-25(34)15-30(11-12-31(16-26(35)36)17-27(37)38)14-24(32(18-28(39)40)19-29(41)42)20-46-47(43,44)45-13-10-21-6-8-23(9-7-21)22-4-2-1-3-5-22;/h1-9,24H,10-20H2,(H,33,34)(H,35,36)(H,37,38)(H,39,40)(H,41,42)(H,43,44);/q;+3/p-6. The average Bonchev–Trinajstić information content (AvgIpc) is 2.97. The topological polar surface area (TPSA) is 269 Å². The summed E-state index contributed by atoms with van der Waals surface area (Å²) in [6.45, 7) is -7.36. The van der Waals surface area contributed by atoms with Crippen LogP contribution < -0.4 is 30.4 Å². The van der Waals surface area contributed by atoms with Crippen molar-refractivity contribution in [1.82, 2.24) is 14.7 Å². The number of rotatable bonds is 24. The van der Waals surface area contributed by atoms with E-state index < -0.39 is 89.6 Å². The molecule has 48 heavy (non-hydrogen) atoms. The molecule has 0 aliphatic rings. The predicted octanol–water partition coefficient (Wildman–Crippen LogP) is -6.58. The van der Waals surface area contributed by atoms with Crippen LogP contribution in [-0.4, -0.2) is 116 Å². The Hall–Kier alpha value is -2.90. The van der Waals surface area contributed by atoms with Crippen molar-refractivity contribution in [3.8, 4) is 11.1 Å². The van der Waals surface area contributed by atoms with Gasteiger partial charge in [-0.25, -0.2) is 0 Å². The van der Waals surface area contributed by atoms with E-state index in [1.54, 1.807) is 12.1 Å². The first kappa shape index (κ1) is 43.1. The van der Waals surface area contributed by atoms with Gasteiger partial charge >= 0.3 is 39.9 Å². The number of hydrogen-bond acceptors (Lipinski definition) is 17. The molecule has 0 bridgehead atoms. The van der Waals surface area contributed by atoms with E-state index in [1.165, 1.54) is 0 Å². The first-order chi connectivity index (χ1) is 22.1. The molecule has 0 aromatic heterocycles. The third kappa shape index (κ3) is 18.0. The SMILES string of the molecule is O=C([O-])CN(CCN(CC(=O)[O-])CC(COP(=O)([O-])OCCc1ccc(-c2ccccc2)cc1)N(CC(=O)[O-])CC(=O)[O-])CC(=O)[O-].[Gd+3]. The van der Waals surface area contributed by atoms with Crippen LogP contribution >= 0.6 is 7.82 Å². The molecule has 2 unspecified atom stereocenters. The van der Waals surface area contributed by atoms with Gasteiger partial charge in [-0.05, 0) is 23.1 Å². The van der Waals surface area contributed by atoms with Crippen molar-refractivity contribution >= 4 is 37.7 Å². The van der Waals surface area contributed by atoms with Crippen molar-refractivity contribution in [3.05, 3.63) is 60.2 Å². The summed E-state index contributed by atoms with van der Waals surface area (Å²) < 4.78 is 22.4. The van der Waals surface area contributed by atoms with Gasteiger partial charge in [-0.2, -0.15) is 0 Å². The summed E-state index contributed by atoms with van der Waals surface area (Å²) in [6.07, 6.45) is 0.156. The molecule has 263 valence electrons. The van der Waals surface area contributed by atoms with E-state index in [-0.39, 0.29) is 66.1 Å². The van der Waals surface area contributed by atoms with Crippen molar-refractivity contribution in [2.45, 2.75) is 12.5 Å². The second-order valence-corrected chi connectivity index (χ2v) is 11.7. The molecule has 0 heterocycles. The number of phosphoric acid groups is 1. The molecule has 0 N–H and O–H groups in total. The first-order valence-corrected chi connectivity index (χ1v) is 15.5. The van der Waals surface area contributed by atoms with Crippen molar-refractivity contribution in [1.29, 1.82) is 0 Å². The second kappa shape index (κ2) is 21.9. The van der Waals surface area contributed by atoms with Crippen LogP contribution in [0.2, 0.25) is 0 Å². The summed E-state index contributed by atoms with van der Waals surface area (Å²) in [7, 11) is -5.09. The molecule has 1 radical (unpaired) electrons. The molecule has 19 heteroatoms. The number of carbonyl (C=O) groups excluding carboxylic acids is 5. The predicted molar refractivity (Wildman–Crippen MR) is 148 cm³/mol. The van der Waals surface area contributed by atoms with Crippen LogP contribution in [0.25, 0.3) is 11.1 Å². The number of carboxylic acids is 5. The maximum Gasteiger partial charge on any atom is 3.00 e. The van der Waals surface area contributed by atoms with Gasteiger partial charge in [0.15, 0.2) is 0 Å². The van der Waals surface area contributed by atoms with Gasteiger partial charge in [-0.3, -0.25) is 19.3 Å². The zero-order chi connectivity index (χ0) is 35.0. The third-order valence-corrected chi connectivity index (χ3v) is 7.53. The number of nitrogens with zero attached hydrogens (tertiary/aromatic N) is 3. The zero-order valence-corrected chi connectivity index (χ0v) is 28.6. The van der Waals surface area contributed by atoms with E-state index in [2.05, 4.69) is 0 Å². The van der Waals surface area contributed by atoms with Gasteiger partial charge in [0.1, 0.15) is 0 Å². The van der Waals surface area contributed by atoms with Gasteiger partial charge in [0.2, 0.25) is 0 Å². The van der Waals surface area contributed by atoms with Gasteiger partial charge in [0.05, 0.1) is 43.1 Å². The van der Waals surface area contributed by atoms with Crippen LogP contribution in [0.3, 0.4) is 0 Å². The monoisotopic (exact) mass is 835 g/mol. The maximum absolute atomic E-state index is 12.6. The minimum absolute atomic E-state index is 0. The molecule has 2 aromatic rings. The van der Waals surface area contributed by atoms with Crippen LogP contribution in [0, 0.1) is 39.9 Å². The van der Waals surface area contributed by atoms with E-state index in [0.717, 1.165) is 26.5 Å². The van der Waals surface area contributed by atoms with Gasteiger partial charge in [-0.1, -0.05) is 54.6 Å². The smallest absolute Gasteiger partial charge is 0.756 e. The summed E-state index contributed by atoms with van der Waals surface area (Å²) >= 11 is 0. The molecule has 0 spiro atoms. The number of carbonyl (C=O) groups is 5. The van der Waals surface area contributed by atoms with Crippen molar-refractivity contribution < 1.29 is 108 Å². The van der Waals surface area contributed by atoms with Crippen molar-refractivity contribution in [2.24, 2.45) is 0 Å². The number of aliphatic carboxylic acids is 5. The Morgan fingerprint density at radius 1 is 0.646 bits per heavy atom. The summed E-state index contributed by atoms with van der Waals surface area (Å²) in [6, 6.07) is 15.3. The van der Waals surface area contributed by atoms with Crippen LogP contribution in [0.1, 0.15) is 5.56 Å². The molecule has 2 atom stereocenters. The van der Waals surface area contributed by atoms with Crippen LogP contribution in [0.15, 0.2) is 54.6 Å². The molecule has 17 nitrogen and oxygen atoms in total. The Bertz CT molecular complexity index is 1370. The van der Waals surface area contributed by atoms with Crippen LogP contribution in [0.4, 0.5) is 0 Å². The Balaban J connectivity index is 0.0000115. The minimum atomic E-state index is -5.09. The number of benzene rings is 2. The Morgan fingerprint density at radius 2 is 1.10 bits per heavy atom. The fourth-order valence-electron chi connectivity index (χ4n) is 4.48. The van der Waals surface area contributed by atoms with Crippen LogP contribution in [-0.2, 0) is 44.0 Å². The zero-order valence-electron chi connectivity index (χ0n) is 25.4. The quantitative estimate of drug-likeness (QED) is 0.0890. The summed E-state index contributed by atoms with van der Waals surface area (Å²) in [5, 5.41) is 56.1. The number of hydrogen-bond donors (Lipinski definition) is 0. The molecule has 2 aromatic carbocycles. The van der Waals surface area contributed by atoms with E-state index >= 15 is 0 Å². The molecule has 0 aliphatic heterocycles. The fraction of sp³-hybridized carbons (Fsp3) is 0.414.